The highest BCUT2D eigenvalue weighted by Crippen LogP contribution is 2.13. The Balaban J connectivity index is 1.90. The molecule has 1 heterocycles. The zero-order valence-electron chi connectivity index (χ0n) is 14.5. The summed E-state index contributed by atoms with van der Waals surface area (Å²) < 4.78 is 26.3. The van der Waals surface area contributed by atoms with Crippen molar-refractivity contribution in [3.05, 3.63) is 29.8 Å². The number of rotatable bonds is 8. The Morgan fingerprint density at radius 1 is 1.12 bits per heavy atom. The number of nitrogens with zero attached hydrogens (tertiary/aromatic N) is 2. The average Bonchev–Trinajstić information content (AvgIpc) is 2.55. The number of carbonyl (C=O) groups excluding carboxylic acids is 1. The largest absolute Gasteiger partial charge is 0.304 e. The van der Waals surface area contributed by atoms with Crippen LogP contribution in [0.5, 0.6) is 0 Å². The minimum Gasteiger partial charge on any atom is -0.304 e. The minimum absolute atomic E-state index is 0.0694. The molecule has 0 amide bonds. The van der Waals surface area contributed by atoms with Crippen LogP contribution in [0, 0.1) is 0 Å². The third-order valence-corrected chi connectivity index (χ3v) is 5.58. The van der Waals surface area contributed by atoms with Gasteiger partial charge < -0.3 is 4.90 Å². The van der Waals surface area contributed by atoms with Gasteiger partial charge in [-0.2, -0.15) is 0 Å². The van der Waals surface area contributed by atoms with Crippen molar-refractivity contribution < 1.29 is 13.2 Å². The van der Waals surface area contributed by atoms with Crippen molar-refractivity contribution in [1.29, 1.82) is 0 Å². The summed E-state index contributed by atoms with van der Waals surface area (Å²) in [5.74, 6) is 0.188. The van der Waals surface area contributed by atoms with Gasteiger partial charge in [-0.1, -0.05) is 13.3 Å². The van der Waals surface area contributed by atoms with E-state index in [4.69, 9.17) is 0 Å². The number of nitrogens with one attached hydrogen (secondary N) is 1. The quantitative estimate of drug-likeness (QED) is 0.720. The van der Waals surface area contributed by atoms with Crippen LogP contribution in [0.25, 0.3) is 0 Å². The van der Waals surface area contributed by atoms with Crippen LogP contribution < -0.4 is 4.72 Å². The molecule has 0 atom stereocenters. The predicted octanol–water partition coefficient (Wildman–Crippen LogP) is 1.66. The second-order valence-corrected chi connectivity index (χ2v) is 8.20. The van der Waals surface area contributed by atoms with E-state index < -0.39 is 10.0 Å². The van der Waals surface area contributed by atoms with E-state index in [9.17, 15) is 13.2 Å². The first-order valence-corrected chi connectivity index (χ1v) is 10.1. The first-order chi connectivity index (χ1) is 11.4. The fourth-order valence-corrected chi connectivity index (χ4v) is 3.86. The second-order valence-electron chi connectivity index (χ2n) is 6.35. The van der Waals surface area contributed by atoms with Crippen molar-refractivity contribution in [2.24, 2.45) is 0 Å². The first-order valence-electron chi connectivity index (χ1n) is 8.44. The van der Waals surface area contributed by atoms with Crippen molar-refractivity contribution in [1.82, 2.24) is 9.80 Å². The maximum absolute atomic E-state index is 12.3. The molecule has 1 saturated heterocycles. The molecule has 0 aromatic heterocycles. The molecule has 7 heteroatoms. The molecule has 24 heavy (non-hydrogen) atoms. The van der Waals surface area contributed by atoms with E-state index in [2.05, 4.69) is 21.6 Å². The van der Waals surface area contributed by atoms with Crippen molar-refractivity contribution >= 4 is 21.5 Å². The lowest BCUT2D eigenvalue weighted by Gasteiger charge is -2.31. The van der Waals surface area contributed by atoms with Gasteiger partial charge in [-0.15, -0.1) is 0 Å². The van der Waals surface area contributed by atoms with Gasteiger partial charge in [0.25, 0.3) is 0 Å². The molecule has 1 aromatic rings. The zero-order valence-corrected chi connectivity index (χ0v) is 15.3. The SMILES string of the molecule is CCCCS(=O)(=O)Nc1ccc(C(=O)CN2CCN(C)CC2)cc1. The van der Waals surface area contributed by atoms with Crippen molar-refractivity contribution in [3.63, 3.8) is 0 Å². The van der Waals surface area contributed by atoms with Gasteiger partial charge in [-0.25, -0.2) is 8.42 Å². The second kappa shape index (κ2) is 8.60. The zero-order chi connectivity index (χ0) is 17.6. The van der Waals surface area contributed by atoms with Crippen LogP contribution in [-0.2, 0) is 10.0 Å². The van der Waals surface area contributed by atoms with Crippen LogP contribution in [0.2, 0.25) is 0 Å². The number of hydrogen-bond acceptors (Lipinski definition) is 5. The smallest absolute Gasteiger partial charge is 0.232 e. The van der Waals surface area contributed by atoms with Crippen LogP contribution in [-0.4, -0.2) is 69.5 Å². The van der Waals surface area contributed by atoms with E-state index in [0.29, 0.717) is 24.2 Å². The molecule has 0 saturated carbocycles. The Labute approximate surface area is 144 Å². The summed E-state index contributed by atoms with van der Waals surface area (Å²) in [6.45, 7) is 6.12. The standard InChI is InChI=1S/C17H27N3O3S/c1-3-4-13-24(22,23)18-16-7-5-15(6-8-16)17(21)14-20-11-9-19(2)10-12-20/h5-8,18H,3-4,9-14H2,1-2H3. The molecule has 1 aliphatic heterocycles. The van der Waals surface area contributed by atoms with Crippen LogP contribution in [0.4, 0.5) is 5.69 Å². The molecule has 6 nitrogen and oxygen atoms in total. The third kappa shape index (κ3) is 5.89. The number of unbranched alkanes of at least 4 members (excludes halogenated alkanes) is 1. The highest BCUT2D eigenvalue weighted by molar-refractivity contribution is 7.92. The van der Waals surface area contributed by atoms with Crippen LogP contribution in [0.1, 0.15) is 30.1 Å². The molecule has 0 aliphatic carbocycles. The Bertz CT molecular complexity index is 636. The Morgan fingerprint density at radius 2 is 1.75 bits per heavy atom. The summed E-state index contributed by atoms with van der Waals surface area (Å²) in [6, 6.07) is 6.69. The minimum atomic E-state index is -3.31. The first kappa shape index (κ1) is 18.9. The number of hydrogen-bond donors (Lipinski definition) is 1. The average molecular weight is 353 g/mol. The molecular formula is C17H27N3O3S. The molecule has 0 radical (unpaired) electrons. The number of likely N-dealkylation sites (N-methyl/N-ethyl adjacent to an activating group) is 1. The van der Waals surface area contributed by atoms with Crippen molar-refractivity contribution in [2.75, 3.05) is 50.2 Å². The van der Waals surface area contributed by atoms with Gasteiger partial charge in [0, 0.05) is 37.4 Å². The molecule has 1 N–H and O–H groups in total. The maximum atomic E-state index is 12.3. The number of piperazine rings is 1. The van der Waals surface area contributed by atoms with E-state index in [0.717, 1.165) is 32.6 Å². The molecule has 0 bridgehead atoms. The molecule has 0 spiro atoms. The summed E-state index contributed by atoms with van der Waals surface area (Å²) in [4.78, 5) is 16.7. The highest BCUT2D eigenvalue weighted by atomic mass is 32.2. The van der Waals surface area contributed by atoms with E-state index in [-0.39, 0.29) is 11.5 Å². The molecule has 1 fully saturated rings. The summed E-state index contributed by atoms with van der Waals surface area (Å²) in [6.07, 6.45) is 1.47. The topological polar surface area (TPSA) is 69.7 Å². The summed E-state index contributed by atoms with van der Waals surface area (Å²) in [7, 11) is -1.22. The van der Waals surface area contributed by atoms with E-state index in [1.807, 2.05) is 6.92 Å². The molecule has 0 unspecified atom stereocenters. The van der Waals surface area contributed by atoms with Crippen LogP contribution in [0.15, 0.2) is 24.3 Å². The molecular weight excluding hydrogens is 326 g/mol. The van der Waals surface area contributed by atoms with Crippen LogP contribution in [0.3, 0.4) is 0 Å². The summed E-state index contributed by atoms with van der Waals surface area (Å²) in [5.41, 5.74) is 1.12. The number of benzene rings is 1. The Hall–Kier alpha value is -1.44. The van der Waals surface area contributed by atoms with Crippen LogP contribution >= 0.6 is 0 Å². The number of Topliss-reactive ketones (excluding diaryl/α,β-unsaturated/α-hetero) is 1. The fraction of sp³-hybridized carbons (Fsp3) is 0.588. The molecule has 134 valence electrons. The lowest BCUT2D eigenvalue weighted by Crippen LogP contribution is -2.46. The van der Waals surface area contributed by atoms with Crippen molar-refractivity contribution in [3.8, 4) is 0 Å². The Morgan fingerprint density at radius 3 is 2.33 bits per heavy atom. The van der Waals surface area contributed by atoms with Gasteiger partial charge in [0.1, 0.15) is 0 Å². The lowest BCUT2D eigenvalue weighted by atomic mass is 10.1. The van der Waals surface area contributed by atoms with Gasteiger partial charge in [0.2, 0.25) is 10.0 Å². The maximum Gasteiger partial charge on any atom is 0.232 e. The Kier molecular flexibility index (Phi) is 6.77. The molecule has 1 aliphatic rings. The monoisotopic (exact) mass is 353 g/mol. The number of anilines is 1. The highest BCUT2D eigenvalue weighted by Gasteiger charge is 2.17. The van der Waals surface area contributed by atoms with Gasteiger partial charge in [0.15, 0.2) is 5.78 Å². The van der Waals surface area contributed by atoms with Crippen molar-refractivity contribution in [2.45, 2.75) is 19.8 Å². The summed E-state index contributed by atoms with van der Waals surface area (Å²) in [5, 5.41) is 0. The van der Waals surface area contributed by atoms with Gasteiger partial charge in [0.05, 0.1) is 12.3 Å². The fourth-order valence-electron chi connectivity index (χ4n) is 2.59. The normalized spacial score (nSPS) is 16.9. The van der Waals surface area contributed by atoms with E-state index >= 15 is 0 Å². The van der Waals surface area contributed by atoms with E-state index in [1.165, 1.54) is 0 Å². The number of sulfonamides is 1. The molecule has 2 rings (SSSR count). The predicted molar refractivity (Wildman–Crippen MR) is 97.0 cm³/mol. The van der Waals surface area contributed by atoms with Gasteiger partial charge in [-0.3, -0.25) is 14.4 Å². The van der Waals surface area contributed by atoms with Gasteiger partial charge in [-0.05, 0) is 37.7 Å². The molecule has 1 aromatic carbocycles. The van der Waals surface area contributed by atoms with E-state index in [1.54, 1.807) is 24.3 Å². The van der Waals surface area contributed by atoms with Gasteiger partial charge >= 0.3 is 0 Å². The third-order valence-electron chi connectivity index (χ3n) is 4.21. The lowest BCUT2D eigenvalue weighted by molar-refractivity contribution is 0.0876. The summed E-state index contributed by atoms with van der Waals surface area (Å²) >= 11 is 0. The number of ketones is 1. The number of carbonyl (C=O) groups is 1.